The largest absolute Gasteiger partial charge is 0.442 e. The number of hydrogen-bond donors (Lipinski definition) is 1. The lowest BCUT2D eigenvalue weighted by Crippen LogP contribution is -2.33. The topological polar surface area (TPSA) is 88.2 Å². The van der Waals surface area contributed by atoms with Crippen molar-refractivity contribution in [2.75, 3.05) is 29.4 Å². The zero-order chi connectivity index (χ0) is 22.7. The molecule has 2 atom stereocenters. The van der Waals surface area contributed by atoms with E-state index in [1.165, 1.54) is 28.9 Å². The summed E-state index contributed by atoms with van der Waals surface area (Å²) in [5.41, 5.74) is 1.47. The quantitative estimate of drug-likeness (QED) is 0.714. The molecule has 2 aromatic rings. The molecule has 2 aliphatic rings. The predicted octanol–water partition coefficient (Wildman–Crippen LogP) is 2.61. The van der Waals surface area contributed by atoms with Crippen molar-refractivity contribution in [2.45, 2.75) is 32.2 Å². The number of nitrogens with zero attached hydrogens (tertiary/aromatic N) is 2. The summed E-state index contributed by atoms with van der Waals surface area (Å²) in [6, 6.07) is 13.9. The van der Waals surface area contributed by atoms with E-state index in [2.05, 4.69) is 5.32 Å². The van der Waals surface area contributed by atoms with Crippen molar-refractivity contribution in [1.29, 1.82) is 0 Å². The highest BCUT2D eigenvalue weighted by Crippen LogP contribution is 2.31. The number of nitrogens with one attached hydrogen (secondary N) is 1. The molecule has 0 radical (unpaired) electrons. The molecular formula is C23H24FN3O5. The number of carbonyl (C=O) groups excluding carboxylic acids is 3. The van der Waals surface area contributed by atoms with Gasteiger partial charge in [0.15, 0.2) is 0 Å². The van der Waals surface area contributed by atoms with E-state index in [-0.39, 0.29) is 49.7 Å². The Morgan fingerprint density at radius 1 is 1.16 bits per heavy atom. The fourth-order valence-electron chi connectivity index (χ4n) is 3.79. The number of ether oxygens (including phenoxy) is 2. The summed E-state index contributed by atoms with van der Waals surface area (Å²) in [5, 5.41) is 2.59. The number of rotatable bonds is 7. The minimum Gasteiger partial charge on any atom is -0.442 e. The van der Waals surface area contributed by atoms with Gasteiger partial charge >= 0.3 is 6.09 Å². The minimum absolute atomic E-state index is 0.145. The molecule has 8 nitrogen and oxygen atoms in total. The lowest BCUT2D eigenvalue weighted by atomic mass is 10.2. The summed E-state index contributed by atoms with van der Waals surface area (Å²) in [6.07, 6.45) is -1.28. The van der Waals surface area contributed by atoms with Crippen LogP contribution in [0.15, 0.2) is 48.5 Å². The second-order valence-electron chi connectivity index (χ2n) is 7.82. The lowest BCUT2D eigenvalue weighted by molar-refractivity contribution is -0.119. The molecule has 4 rings (SSSR count). The third kappa shape index (κ3) is 4.88. The number of anilines is 2. The van der Waals surface area contributed by atoms with E-state index in [1.54, 1.807) is 6.07 Å². The highest BCUT2D eigenvalue weighted by Gasteiger charge is 2.35. The van der Waals surface area contributed by atoms with E-state index in [1.807, 2.05) is 30.3 Å². The summed E-state index contributed by atoms with van der Waals surface area (Å²) in [4.78, 5) is 38.3. The van der Waals surface area contributed by atoms with Gasteiger partial charge in [0, 0.05) is 6.92 Å². The van der Waals surface area contributed by atoms with Crippen LogP contribution in [-0.2, 0) is 25.7 Å². The molecule has 2 heterocycles. The van der Waals surface area contributed by atoms with Gasteiger partial charge in [-0.1, -0.05) is 30.3 Å². The van der Waals surface area contributed by atoms with Crippen LogP contribution in [0.5, 0.6) is 0 Å². The van der Waals surface area contributed by atoms with E-state index in [9.17, 15) is 18.8 Å². The summed E-state index contributed by atoms with van der Waals surface area (Å²) in [6.45, 7) is 2.39. The molecule has 2 fully saturated rings. The van der Waals surface area contributed by atoms with Crippen molar-refractivity contribution in [3.05, 3.63) is 59.9 Å². The first-order chi connectivity index (χ1) is 15.4. The second-order valence-corrected chi connectivity index (χ2v) is 7.82. The number of amides is 3. The van der Waals surface area contributed by atoms with Crippen LogP contribution in [0.4, 0.5) is 20.6 Å². The Morgan fingerprint density at radius 3 is 2.66 bits per heavy atom. The summed E-state index contributed by atoms with van der Waals surface area (Å²) in [5.74, 6) is -1.06. The molecule has 32 heavy (non-hydrogen) atoms. The molecule has 3 amide bonds. The van der Waals surface area contributed by atoms with E-state index >= 15 is 0 Å². The van der Waals surface area contributed by atoms with E-state index in [0.29, 0.717) is 12.3 Å². The molecule has 1 unspecified atom stereocenters. The van der Waals surface area contributed by atoms with Crippen molar-refractivity contribution in [3.8, 4) is 0 Å². The molecule has 0 aromatic heterocycles. The van der Waals surface area contributed by atoms with Crippen LogP contribution in [0.1, 0.15) is 18.9 Å². The van der Waals surface area contributed by atoms with Crippen LogP contribution in [0.25, 0.3) is 0 Å². The van der Waals surface area contributed by atoms with Gasteiger partial charge in [-0.3, -0.25) is 14.5 Å². The molecule has 0 saturated carbocycles. The molecule has 0 spiro atoms. The SMILES string of the molecule is CC(=O)NC[C@H]1CN(c2ccc(N3CC(OCc4ccccc4)CC3=O)c(F)c2)C(=O)O1. The number of benzene rings is 2. The van der Waals surface area contributed by atoms with Crippen LogP contribution in [0.2, 0.25) is 0 Å². The van der Waals surface area contributed by atoms with Gasteiger partial charge in [-0.15, -0.1) is 0 Å². The van der Waals surface area contributed by atoms with Gasteiger partial charge in [0.05, 0.1) is 50.1 Å². The van der Waals surface area contributed by atoms with Gasteiger partial charge in [0.1, 0.15) is 11.9 Å². The van der Waals surface area contributed by atoms with Crippen LogP contribution in [0, 0.1) is 5.82 Å². The van der Waals surface area contributed by atoms with Gasteiger partial charge in [-0.2, -0.15) is 0 Å². The lowest BCUT2D eigenvalue weighted by Gasteiger charge is -2.20. The fraction of sp³-hybridized carbons (Fsp3) is 0.348. The molecule has 1 N–H and O–H groups in total. The van der Waals surface area contributed by atoms with E-state index < -0.39 is 18.0 Å². The molecule has 9 heteroatoms. The molecular weight excluding hydrogens is 417 g/mol. The minimum atomic E-state index is -0.613. The van der Waals surface area contributed by atoms with E-state index in [4.69, 9.17) is 9.47 Å². The third-order valence-corrected chi connectivity index (χ3v) is 5.40. The van der Waals surface area contributed by atoms with Crippen LogP contribution in [0.3, 0.4) is 0 Å². The van der Waals surface area contributed by atoms with Crippen molar-refractivity contribution < 1.29 is 28.2 Å². The highest BCUT2D eigenvalue weighted by atomic mass is 19.1. The monoisotopic (exact) mass is 441 g/mol. The standard InChI is InChI=1S/C23H24FN3O5/c1-15(28)25-11-19-13-26(23(30)32-19)17-7-8-21(20(24)9-17)27-12-18(10-22(27)29)31-14-16-5-3-2-4-6-16/h2-9,18-19H,10-14H2,1H3,(H,25,28)/t18?,19-/m0/s1. The van der Waals surface area contributed by atoms with Crippen LogP contribution < -0.4 is 15.1 Å². The Hall–Kier alpha value is -3.46. The predicted molar refractivity (Wildman–Crippen MR) is 115 cm³/mol. The van der Waals surface area contributed by atoms with Gasteiger partial charge in [-0.05, 0) is 23.8 Å². The first-order valence-electron chi connectivity index (χ1n) is 10.4. The maximum atomic E-state index is 14.9. The van der Waals surface area contributed by atoms with Crippen molar-refractivity contribution in [2.24, 2.45) is 0 Å². The summed E-state index contributed by atoms with van der Waals surface area (Å²) < 4.78 is 26.0. The second kappa shape index (κ2) is 9.35. The van der Waals surface area contributed by atoms with Crippen LogP contribution in [-0.4, -0.2) is 49.7 Å². The number of carbonyl (C=O) groups is 3. The number of cyclic esters (lactones) is 1. The molecule has 168 valence electrons. The molecule has 2 saturated heterocycles. The summed E-state index contributed by atoms with van der Waals surface area (Å²) in [7, 11) is 0. The normalized spacial score (nSPS) is 20.6. The maximum Gasteiger partial charge on any atom is 0.414 e. The first kappa shape index (κ1) is 21.8. The first-order valence-corrected chi connectivity index (χ1v) is 10.4. The smallest absolute Gasteiger partial charge is 0.414 e. The van der Waals surface area contributed by atoms with E-state index in [0.717, 1.165) is 5.56 Å². The van der Waals surface area contributed by atoms with Gasteiger partial charge in [0.2, 0.25) is 11.8 Å². The average Bonchev–Trinajstić information content (AvgIpc) is 3.33. The van der Waals surface area contributed by atoms with Crippen LogP contribution >= 0.6 is 0 Å². The van der Waals surface area contributed by atoms with Crippen molar-refractivity contribution in [3.63, 3.8) is 0 Å². The summed E-state index contributed by atoms with van der Waals surface area (Å²) >= 11 is 0. The highest BCUT2D eigenvalue weighted by molar-refractivity contribution is 5.97. The Morgan fingerprint density at radius 2 is 1.94 bits per heavy atom. The molecule has 0 bridgehead atoms. The fourth-order valence-corrected chi connectivity index (χ4v) is 3.79. The Bertz CT molecular complexity index is 1020. The van der Waals surface area contributed by atoms with Gasteiger partial charge in [0.25, 0.3) is 0 Å². The van der Waals surface area contributed by atoms with Crippen molar-refractivity contribution >= 4 is 29.3 Å². The number of halogens is 1. The Labute approximate surface area is 184 Å². The third-order valence-electron chi connectivity index (χ3n) is 5.40. The van der Waals surface area contributed by atoms with Gasteiger partial charge in [-0.25, -0.2) is 9.18 Å². The molecule has 2 aromatic carbocycles. The zero-order valence-corrected chi connectivity index (χ0v) is 17.6. The molecule has 0 aliphatic carbocycles. The van der Waals surface area contributed by atoms with Gasteiger partial charge < -0.3 is 19.7 Å². The number of hydrogen-bond acceptors (Lipinski definition) is 5. The Kier molecular flexibility index (Phi) is 6.36. The van der Waals surface area contributed by atoms with Crippen molar-refractivity contribution in [1.82, 2.24) is 5.32 Å². The molecule has 2 aliphatic heterocycles. The zero-order valence-electron chi connectivity index (χ0n) is 17.6. The Balaban J connectivity index is 1.39. The maximum absolute atomic E-state index is 14.9. The average molecular weight is 441 g/mol.